The lowest BCUT2D eigenvalue weighted by Crippen LogP contribution is -2.59. The molecular weight excluding hydrogens is 414 g/mol. The standard InChI is InChI=1S/C28H31NO4/c1-18(2)11-13-27-15-20(17-29)16-28(26(27)32,14-12-19(3)4)25(33-5)22(24(27)31)23(30)21-9-7-6-8-10-21/h6-12,20H,13-16H2,1-5H3/t20?,27-,28-/m1/s1. The van der Waals surface area contributed by atoms with Crippen molar-refractivity contribution in [3.63, 3.8) is 0 Å². The first-order valence-corrected chi connectivity index (χ1v) is 11.3. The fourth-order valence-electron chi connectivity index (χ4n) is 5.15. The molecule has 33 heavy (non-hydrogen) atoms. The summed E-state index contributed by atoms with van der Waals surface area (Å²) < 4.78 is 5.74. The van der Waals surface area contributed by atoms with Gasteiger partial charge in [-0.3, -0.25) is 14.4 Å². The third kappa shape index (κ3) is 4.11. The van der Waals surface area contributed by atoms with E-state index in [9.17, 15) is 19.6 Å². The van der Waals surface area contributed by atoms with Gasteiger partial charge in [-0.1, -0.05) is 53.6 Å². The Kier molecular flexibility index (Phi) is 6.88. The maximum absolute atomic E-state index is 14.2. The van der Waals surface area contributed by atoms with E-state index in [2.05, 4.69) is 6.07 Å². The highest BCUT2D eigenvalue weighted by Crippen LogP contribution is 2.59. The molecule has 5 heteroatoms. The molecule has 1 fully saturated rings. The van der Waals surface area contributed by atoms with Crippen molar-refractivity contribution in [1.82, 2.24) is 0 Å². The number of benzene rings is 1. The molecule has 1 saturated carbocycles. The number of carbonyl (C=O) groups is 3. The van der Waals surface area contributed by atoms with E-state index in [1.807, 2.05) is 39.8 Å². The zero-order valence-electron chi connectivity index (χ0n) is 20.0. The van der Waals surface area contributed by atoms with Crippen molar-refractivity contribution >= 4 is 17.3 Å². The molecule has 0 spiro atoms. The number of nitrogens with zero attached hydrogens (tertiary/aromatic N) is 1. The lowest BCUT2D eigenvalue weighted by atomic mass is 9.49. The summed E-state index contributed by atoms with van der Waals surface area (Å²) in [6.07, 6.45) is 4.59. The number of fused-ring (bicyclic) bond motifs is 2. The Morgan fingerprint density at radius 3 is 2.09 bits per heavy atom. The number of ether oxygens (including phenoxy) is 1. The third-order valence-electron chi connectivity index (χ3n) is 6.75. The molecule has 5 nitrogen and oxygen atoms in total. The molecule has 1 unspecified atom stereocenters. The number of nitriles is 1. The molecule has 0 aliphatic heterocycles. The average molecular weight is 446 g/mol. The number of carbonyl (C=O) groups excluding carboxylic acids is 3. The Bertz CT molecular complexity index is 1110. The van der Waals surface area contributed by atoms with Crippen LogP contribution in [0.5, 0.6) is 0 Å². The quantitative estimate of drug-likeness (QED) is 0.238. The Labute approximate surface area is 195 Å². The van der Waals surface area contributed by atoms with E-state index in [0.717, 1.165) is 11.1 Å². The van der Waals surface area contributed by atoms with Gasteiger partial charge in [0.25, 0.3) is 0 Å². The molecule has 2 aliphatic carbocycles. The van der Waals surface area contributed by atoms with Crippen molar-refractivity contribution in [3.8, 4) is 6.07 Å². The van der Waals surface area contributed by atoms with Crippen LogP contribution in [0, 0.1) is 28.1 Å². The predicted octanol–water partition coefficient (Wildman–Crippen LogP) is 5.54. The summed E-state index contributed by atoms with van der Waals surface area (Å²) in [5.74, 6) is -1.59. The van der Waals surface area contributed by atoms with E-state index in [1.165, 1.54) is 7.11 Å². The van der Waals surface area contributed by atoms with Crippen LogP contribution in [0.15, 0.2) is 65.0 Å². The van der Waals surface area contributed by atoms with Crippen molar-refractivity contribution in [2.24, 2.45) is 16.7 Å². The number of hydrogen-bond donors (Lipinski definition) is 0. The molecule has 0 saturated heterocycles. The highest BCUT2D eigenvalue weighted by Gasteiger charge is 2.66. The summed E-state index contributed by atoms with van der Waals surface area (Å²) in [4.78, 5) is 41.9. The second-order valence-electron chi connectivity index (χ2n) is 9.63. The van der Waals surface area contributed by atoms with Crippen LogP contribution in [0.3, 0.4) is 0 Å². The lowest BCUT2D eigenvalue weighted by Gasteiger charge is -2.51. The number of Topliss-reactive ketones (excluding diaryl/α,β-unsaturated/α-hetero) is 3. The first kappa shape index (κ1) is 24.4. The molecule has 0 heterocycles. The zero-order valence-corrected chi connectivity index (χ0v) is 20.0. The van der Waals surface area contributed by atoms with Gasteiger partial charge in [0.05, 0.1) is 24.0 Å². The summed E-state index contributed by atoms with van der Waals surface area (Å²) in [6, 6.07) is 10.9. The minimum Gasteiger partial charge on any atom is -0.499 e. The van der Waals surface area contributed by atoms with Crippen LogP contribution in [0.25, 0.3) is 0 Å². The second-order valence-corrected chi connectivity index (χ2v) is 9.63. The maximum atomic E-state index is 14.2. The van der Waals surface area contributed by atoms with E-state index >= 15 is 0 Å². The summed E-state index contributed by atoms with van der Waals surface area (Å²) in [5, 5.41) is 9.89. The number of hydrogen-bond acceptors (Lipinski definition) is 5. The topological polar surface area (TPSA) is 84.2 Å². The fraction of sp³-hybridized carbons (Fsp3) is 0.429. The van der Waals surface area contributed by atoms with Crippen LogP contribution < -0.4 is 0 Å². The Hall–Kier alpha value is -3.26. The smallest absolute Gasteiger partial charge is 0.200 e. The molecule has 2 aliphatic rings. The Morgan fingerprint density at radius 1 is 1.03 bits per heavy atom. The molecule has 0 amide bonds. The van der Waals surface area contributed by atoms with Crippen molar-refractivity contribution in [2.45, 2.75) is 53.4 Å². The van der Waals surface area contributed by atoms with Crippen molar-refractivity contribution in [3.05, 3.63) is 70.5 Å². The van der Waals surface area contributed by atoms with Gasteiger partial charge in [0.1, 0.15) is 11.3 Å². The van der Waals surface area contributed by atoms with Gasteiger partial charge in [0.2, 0.25) is 0 Å². The highest BCUT2D eigenvalue weighted by atomic mass is 16.5. The molecule has 2 bridgehead atoms. The van der Waals surface area contributed by atoms with E-state index in [-0.39, 0.29) is 42.8 Å². The normalized spacial score (nSPS) is 26.4. The zero-order chi connectivity index (χ0) is 24.4. The van der Waals surface area contributed by atoms with E-state index in [0.29, 0.717) is 5.56 Å². The third-order valence-corrected chi connectivity index (χ3v) is 6.75. The van der Waals surface area contributed by atoms with Gasteiger partial charge >= 0.3 is 0 Å². The molecule has 0 N–H and O–H groups in total. The van der Waals surface area contributed by atoms with Crippen molar-refractivity contribution in [1.29, 1.82) is 5.26 Å². The summed E-state index contributed by atoms with van der Waals surface area (Å²) in [6.45, 7) is 7.68. The molecule has 3 atom stereocenters. The van der Waals surface area contributed by atoms with E-state index < -0.39 is 28.3 Å². The van der Waals surface area contributed by atoms with Crippen LogP contribution >= 0.6 is 0 Å². The molecular formula is C28H31NO4. The van der Waals surface area contributed by atoms with Crippen LogP contribution in [0.2, 0.25) is 0 Å². The summed E-state index contributed by atoms with van der Waals surface area (Å²) in [7, 11) is 1.40. The fourth-order valence-corrected chi connectivity index (χ4v) is 5.15. The molecule has 1 aromatic carbocycles. The average Bonchev–Trinajstić information content (AvgIpc) is 2.80. The Morgan fingerprint density at radius 2 is 1.58 bits per heavy atom. The van der Waals surface area contributed by atoms with Crippen LogP contribution in [-0.4, -0.2) is 24.5 Å². The van der Waals surface area contributed by atoms with Gasteiger partial charge in [0, 0.05) is 11.5 Å². The molecule has 0 aromatic heterocycles. The van der Waals surface area contributed by atoms with Gasteiger partial charge in [-0.15, -0.1) is 0 Å². The van der Waals surface area contributed by atoms with Crippen molar-refractivity contribution < 1.29 is 19.1 Å². The van der Waals surface area contributed by atoms with E-state index in [4.69, 9.17) is 4.74 Å². The van der Waals surface area contributed by atoms with E-state index in [1.54, 1.807) is 30.3 Å². The minimum atomic E-state index is -1.45. The van der Waals surface area contributed by atoms with Crippen LogP contribution in [-0.2, 0) is 14.3 Å². The molecule has 1 aromatic rings. The lowest BCUT2D eigenvalue weighted by molar-refractivity contribution is -0.154. The molecule has 172 valence electrons. The van der Waals surface area contributed by atoms with Crippen LogP contribution in [0.1, 0.15) is 63.7 Å². The van der Waals surface area contributed by atoms with Gasteiger partial charge in [-0.05, 0) is 53.4 Å². The van der Waals surface area contributed by atoms with Crippen molar-refractivity contribution in [2.75, 3.05) is 7.11 Å². The number of methoxy groups -OCH3 is 1. The van der Waals surface area contributed by atoms with Gasteiger partial charge in [0.15, 0.2) is 17.3 Å². The Balaban J connectivity index is 2.37. The maximum Gasteiger partial charge on any atom is 0.200 e. The van der Waals surface area contributed by atoms with Crippen LogP contribution in [0.4, 0.5) is 0 Å². The second kappa shape index (κ2) is 9.31. The monoisotopic (exact) mass is 445 g/mol. The first-order chi connectivity index (χ1) is 15.6. The minimum absolute atomic E-state index is 0.0518. The largest absolute Gasteiger partial charge is 0.499 e. The van der Waals surface area contributed by atoms with Gasteiger partial charge in [-0.2, -0.15) is 5.26 Å². The number of allylic oxidation sites excluding steroid dienone is 6. The summed E-state index contributed by atoms with van der Waals surface area (Å²) in [5.41, 5.74) is -0.384. The summed E-state index contributed by atoms with van der Waals surface area (Å²) >= 11 is 0. The number of rotatable bonds is 7. The number of ketones is 3. The SMILES string of the molecule is COC1=C(C(=O)c2ccccc2)C(=O)[C@@]2(CC=C(C)C)CC(C#N)C[C@@]1(CC=C(C)C)C2=O. The highest BCUT2D eigenvalue weighted by molar-refractivity contribution is 6.34. The molecule has 0 radical (unpaired) electrons. The first-order valence-electron chi connectivity index (χ1n) is 11.3. The van der Waals surface area contributed by atoms with Gasteiger partial charge < -0.3 is 4.74 Å². The molecule has 3 rings (SSSR count). The van der Waals surface area contributed by atoms with Gasteiger partial charge in [-0.25, -0.2) is 0 Å². The predicted molar refractivity (Wildman–Crippen MR) is 126 cm³/mol.